The van der Waals surface area contributed by atoms with E-state index in [9.17, 15) is 9.59 Å². The summed E-state index contributed by atoms with van der Waals surface area (Å²) in [5.41, 5.74) is 1.53. The molecule has 120 valence electrons. The Balaban J connectivity index is 0.00000176. The minimum absolute atomic E-state index is 0. The Morgan fingerprint density at radius 3 is 2.82 bits per heavy atom. The first-order chi connectivity index (χ1) is 10.2. The molecule has 3 rings (SSSR count). The number of carbonyl (C=O) groups excluding carboxylic acids is 2. The fourth-order valence-corrected chi connectivity index (χ4v) is 2.77. The summed E-state index contributed by atoms with van der Waals surface area (Å²) in [5.74, 6) is -0.00211. The largest absolute Gasteiger partial charge is 0.336 e. The van der Waals surface area contributed by atoms with Gasteiger partial charge >= 0.3 is 6.03 Å². The molecule has 2 aliphatic rings. The fraction of sp³-hybridized carbons (Fsp3) is 0.467. The summed E-state index contributed by atoms with van der Waals surface area (Å²) >= 11 is 0. The lowest BCUT2D eigenvalue weighted by Gasteiger charge is -2.23. The van der Waals surface area contributed by atoms with Crippen LogP contribution in [-0.2, 0) is 4.79 Å². The Kier molecular flexibility index (Phi) is 5.63. The van der Waals surface area contributed by atoms with E-state index in [2.05, 4.69) is 16.0 Å². The van der Waals surface area contributed by atoms with Gasteiger partial charge in [-0.05, 0) is 37.6 Å². The molecule has 1 unspecified atom stereocenters. The lowest BCUT2D eigenvalue weighted by Crippen LogP contribution is -2.43. The van der Waals surface area contributed by atoms with Crippen LogP contribution in [0.3, 0.4) is 0 Å². The van der Waals surface area contributed by atoms with Gasteiger partial charge in [0, 0.05) is 24.5 Å². The van der Waals surface area contributed by atoms with Gasteiger partial charge in [-0.25, -0.2) is 4.79 Å². The average molecular weight is 325 g/mol. The molecular formula is C15H21ClN4O2. The fourth-order valence-electron chi connectivity index (χ4n) is 2.77. The lowest BCUT2D eigenvalue weighted by atomic mass is 10.0. The Labute approximate surface area is 136 Å². The second kappa shape index (κ2) is 7.47. The van der Waals surface area contributed by atoms with E-state index in [-0.39, 0.29) is 30.4 Å². The van der Waals surface area contributed by atoms with Crippen LogP contribution >= 0.6 is 12.4 Å². The van der Waals surface area contributed by atoms with Gasteiger partial charge in [-0.2, -0.15) is 0 Å². The topological polar surface area (TPSA) is 73.5 Å². The molecule has 0 spiro atoms. The Bertz CT molecular complexity index is 546. The standard InChI is InChI=1S/C15H20N4O2.ClH/c20-14(13-6-1-2-7-16-13)18-11-4-3-5-12(10-11)19-9-8-17-15(19)21;/h3-5,10,13,16H,1-2,6-9H2,(H,17,21)(H,18,20);1H. The molecule has 22 heavy (non-hydrogen) atoms. The molecule has 1 aromatic carbocycles. The average Bonchev–Trinajstić information content (AvgIpc) is 2.94. The first-order valence-corrected chi connectivity index (χ1v) is 7.44. The van der Waals surface area contributed by atoms with Crippen molar-refractivity contribution in [2.24, 2.45) is 0 Å². The normalized spacial score (nSPS) is 21.0. The molecule has 0 aliphatic carbocycles. The summed E-state index contributed by atoms with van der Waals surface area (Å²) < 4.78 is 0. The number of halogens is 1. The number of urea groups is 1. The first-order valence-electron chi connectivity index (χ1n) is 7.44. The number of rotatable bonds is 3. The van der Waals surface area contributed by atoms with Crippen LogP contribution in [0, 0.1) is 0 Å². The van der Waals surface area contributed by atoms with E-state index in [4.69, 9.17) is 0 Å². The van der Waals surface area contributed by atoms with Crippen molar-refractivity contribution in [3.63, 3.8) is 0 Å². The molecule has 6 nitrogen and oxygen atoms in total. The van der Waals surface area contributed by atoms with Gasteiger partial charge in [0.1, 0.15) is 0 Å². The van der Waals surface area contributed by atoms with Crippen molar-refractivity contribution < 1.29 is 9.59 Å². The molecule has 0 bridgehead atoms. The zero-order chi connectivity index (χ0) is 14.7. The molecular weight excluding hydrogens is 304 g/mol. The van der Waals surface area contributed by atoms with Crippen LogP contribution in [0.15, 0.2) is 24.3 Å². The van der Waals surface area contributed by atoms with Crippen LogP contribution in [0.2, 0.25) is 0 Å². The lowest BCUT2D eigenvalue weighted by molar-refractivity contribution is -0.118. The van der Waals surface area contributed by atoms with Crippen molar-refractivity contribution in [2.75, 3.05) is 29.9 Å². The van der Waals surface area contributed by atoms with Gasteiger partial charge in [-0.3, -0.25) is 9.69 Å². The van der Waals surface area contributed by atoms with Gasteiger partial charge in [0.05, 0.1) is 6.04 Å². The van der Waals surface area contributed by atoms with Gasteiger partial charge in [0.25, 0.3) is 0 Å². The maximum atomic E-state index is 12.2. The highest BCUT2D eigenvalue weighted by Crippen LogP contribution is 2.21. The second-order valence-corrected chi connectivity index (χ2v) is 5.43. The van der Waals surface area contributed by atoms with Crippen molar-refractivity contribution >= 4 is 35.7 Å². The van der Waals surface area contributed by atoms with E-state index in [1.165, 1.54) is 0 Å². The zero-order valence-electron chi connectivity index (χ0n) is 12.3. The van der Waals surface area contributed by atoms with Crippen molar-refractivity contribution in [3.8, 4) is 0 Å². The van der Waals surface area contributed by atoms with Crippen LogP contribution in [0.1, 0.15) is 19.3 Å². The van der Waals surface area contributed by atoms with Crippen molar-refractivity contribution in [2.45, 2.75) is 25.3 Å². The zero-order valence-corrected chi connectivity index (χ0v) is 13.1. The molecule has 2 saturated heterocycles. The number of anilines is 2. The van der Waals surface area contributed by atoms with Gasteiger partial charge in [-0.1, -0.05) is 12.5 Å². The minimum atomic E-state index is -0.113. The first kappa shape index (κ1) is 16.6. The Hall–Kier alpha value is -1.79. The highest BCUT2D eigenvalue weighted by molar-refractivity contribution is 5.97. The van der Waals surface area contributed by atoms with E-state index in [0.29, 0.717) is 13.1 Å². The molecule has 7 heteroatoms. The summed E-state index contributed by atoms with van der Waals surface area (Å²) in [7, 11) is 0. The van der Waals surface area contributed by atoms with E-state index < -0.39 is 0 Å². The molecule has 2 heterocycles. The van der Waals surface area contributed by atoms with Crippen molar-refractivity contribution in [3.05, 3.63) is 24.3 Å². The number of piperidine rings is 1. The van der Waals surface area contributed by atoms with Crippen LogP contribution in [0.4, 0.5) is 16.2 Å². The maximum absolute atomic E-state index is 12.2. The van der Waals surface area contributed by atoms with Crippen LogP contribution in [0.25, 0.3) is 0 Å². The summed E-state index contributed by atoms with van der Waals surface area (Å²) in [6.07, 6.45) is 3.09. The van der Waals surface area contributed by atoms with E-state index in [0.717, 1.165) is 37.2 Å². The summed E-state index contributed by atoms with van der Waals surface area (Å²) in [5, 5.41) is 8.93. The van der Waals surface area contributed by atoms with Crippen molar-refractivity contribution in [1.82, 2.24) is 10.6 Å². The quantitative estimate of drug-likeness (QED) is 0.792. The third-order valence-electron chi connectivity index (χ3n) is 3.91. The third kappa shape index (κ3) is 3.69. The highest BCUT2D eigenvalue weighted by Gasteiger charge is 2.23. The third-order valence-corrected chi connectivity index (χ3v) is 3.91. The highest BCUT2D eigenvalue weighted by atomic mass is 35.5. The molecule has 2 aliphatic heterocycles. The van der Waals surface area contributed by atoms with Crippen molar-refractivity contribution in [1.29, 1.82) is 0 Å². The second-order valence-electron chi connectivity index (χ2n) is 5.43. The van der Waals surface area contributed by atoms with Gasteiger partial charge in [-0.15, -0.1) is 12.4 Å². The molecule has 2 fully saturated rings. The molecule has 3 amide bonds. The molecule has 1 aromatic rings. The number of hydrogen-bond donors (Lipinski definition) is 3. The molecule has 1 atom stereocenters. The number of amides is 3. The number of hydrogen-bond acceptors (Lipinski definition) is 3. The monoisotopic (exact) mass is 324 g/mol. The summed E-state index contributed by atoms with van der Waals surface area (Å²) in [4.78, 5) is 25.5. The van der Waals surface area contributed by atoms with Gasteiger partial charge in [0.2, 0.25) is 5.91 Å². The van der Waals surface area contributed by atoms with Crippen LogP contribution < -0.4 is 20.9 Å². The van der Waals surface area contributed by atoms with Crippen LogP contribution in [-0.4, -0.2) is 37.6 Å². The Morgan fingerprint density at radius 2 is 2.14 bits per heavy atom. The molecule has 0 aromatic heterocycles. The Morgan fingerprint density at radius 1 is 1.27 bits per heavy atom. The number of nitrogens with zero attached hydrogens (tertiary/aromatic N) is 1. The predicted molar refractivity (Wildman–Crippen MR) is 88.7 cm³/mol. The smallest absolute Gasteiger partial charge is 0.321 e. The van der Waals surface area contributed by atoms with E-state index in [1.807, 2.05) is 24.3 Å². The minimum Gasteiger partial charge on any atom is -0.336 e. The molecule has 0 saturated carbocycles. The van der Waals surface area contributed by atoms with E-state index >= 15 is 0 Å². The van der Waals surface area contributed by atoms with Gasteiger partial charge < -0.3 is 16.0 Å². The van der Waals surface area contributed by atoms with Crippen LogP contribution in [0.5, 0.6) is 0 Å². The number of nitrogens with one attached hydrogen (secondary N) is 3. The number of carbonyl (C=O) groups is 2. The molecule has 3 N–H and O–H groups in total. The number of benzene rings is 1. The molecule has 0 radical (unpaired) electrons. The summed E-state index contributed by atoms with van der Waals surface area (Å²) in [6.45, 7) is 2.20. The maximum Gasteiger partial charge on any atom is 0.321 e. The summed E-state index contributed by atoms with van der Waals surface area (Å²) in [6, 6.07) is 7.21. The van der Waals surface area contributed by atoms with Gasteiger partial charge in [0.15, 0.2) is 0 Å². The van der Waals surface area contributed by atoms with E-state index in [1.54, 1.807) is 4.90 Å². The predicted octanol–water partition coefficient (Wildman–Crippen LogP) is 1.72. The SMILES string of the molecule is Cl.O=C(Nc1cccc(N2CCNC2=O)c1)C1CCCCN1.